The number of amides is 1. The molecule has 0 aliphatic heterocycles. The van der Waals surface area contributed by atoms with E-state index in [1.807, 2.05) is 0 Å². The van der Waals surface area contributed by atoms with Gasteiger partial charge in [0.25, 0.3) is 15.9 Å². The fourth-order valence-electron chi connectivity index (χ4n) is 2.61. The van der Waals surface area contributed by atoms with Crippen molar-refractivity contribution in [2.45, 2.75) is 29.9 Å². The second-order valence-corrected chi connectivity index (χ2v) is 8.54. The second kappa shape index (κ2) is 8.73. The molecule has 0 unspecified atom stereocenters. The normalized spacial score (nSPS) is 15.0. The molecule has 0 aromatic heterocycles. The number of nitrogens with zero attached hydrogens (tertiary/aromatic N) is 1. The number of ether oxygens (including phenoxy) is 1. The van der Waals surface area contributed by atoms with Crippen LogP contribution in [0.25, 0.3) is 0 Å². The van der Waals surface area contributed by atoms with Crippen LogP contribution in [0.2, 0.25) is 0 Å². The van der Waals surface area contributed by atoms with Gasteiger partial charge in [0, 0.05) is 18.7 Å². The Morgan fingerprint density at radius 2 is 1.79 bits per heavy atom. The van der Waals surface area contributed by atoms with Gasteiger partial charge in [-0.2, -0.15) is 0 Å². The van der Waals surface area contributed by atoms with Gasteiger partial charge in [-0.3, -0.25) is 9.63 Å². The number of nitrogens with one attached hydrogen (secondary N) is 1. The maximum absolute atomic E-state index is 12.7. The fourth-order valence-corrected chi connectivity index (χ4v) is 3.63. The lowest BCUT2D eigenvalue weighted by molar-refractivity contribution is -0.130. The second-order valence-electron chi connectivity index (χ2n) is 6.60. The lowest BCUT2D eigenvalue weighted by Gasteiger charge is -2.18. The number of hydroxylamine groups is 1. The summed E-state index contributed by atoms with van der Waals surface area (Å²) in [6, 6.07) is 14.2. The van der Waals surface area contributed by atoms with Crippen LogP contribution in [0.3, 0.4) is 0 Å². The molecule has 1 fully saturated rings. The van der Waals surface area contributed by atoms with Gasteiger partial charge in [-0.15, -0.1) is 0 Å². The van der Waals surface area contributed by atoms with Crippen molar-refractivity contribution in [3.8, 4) is 0 Å². The molecule has 0 radical (unpaired) electrons. The summed E-state index contributed by atoms with van der Waals surface area (Å²) in [6.45, 7) is 0. The summed E-state index contributed by atoms with van der Waals surface area (Å²) in [7, 11) is -1.46. The first-order chi connectivity index (χ1) is 13.8. The van der Waals surface area contributed by atoms with Crippen molar-refractivity contribution < 1.29 is 27.6 Å². The summed E-state index contributed by atoms with van der Waals surface area (Å²) in [5.41, 5.74) is 0.539. The van der Waals surface area contributed by atoms with E-state index in [1.54, 1.807) is 30.3 Å². The number of rotatable bonds is 8. The largest absolute Gasteiger partial charge is 0.444 e. The predicted molar refractivity (Wildman–Crippen MR) is 104 cm³/mol. The van der Waals surface area contributed by atoms with Gasteiger partial charge in [0.15, 0.2) is 0 Å². The van der Waals surface area contributed by atoms with Crippen LogP contribution >= 0.6 is 0 Å². The number of carbonyl (C=O) groups is 2. The molecule has 0 heterocycles. The van der Waals surface area contributed by atoms with E-state index in [0.717, 1.165) is 12.8 Å². The van der Waals surface area contributed by atoms with E-state index in [0.29, 0.717) is 10.0 Å². The van der Waals surface area contributed by atoms with Gasteiger partial charge in [0.1, 0.15) is 0 Å². The molecular formula is C20H22N2O6S. The first-order valence-electron chi connectivity index (χ1n) is 9.02. The number of hydrogen-bond acceptors (Lipinski definition) is 6. The van der Waals surface area contributed by atoms with Gasteiger partial charge in [-0.1, -0.05) is 40.9 Å². The molecule has 1 aliphatic carbocycles. The molecule has 1 saturated carbocycles. The quantitative estimate of drug-likeness (QED) is 0.520. The summed E-state index contributed by atoms with van der Waals surface area (Å²) in [4.78, 5) is 29.9. The van der Waals surface area contributed by atoms with Crippen LogP contribution in [0.15, 0.2) is 59.5 Å². The standard InChI is InChI=1S/C20H22N2O6S/c1-22(27-2)29(25,26)17-10-6-9-15(13-17)20(24)28-18(14-7-4-3-5-8-14)19(23)21-16-11-12-16/h3-10,13,16,18H,11-12H2,1-2H3,(H,21,23)/t18-/m0/s1. The zero-order valence-corrected chi connectivity index (χ0v) is 16.9. The molecule has 2 aromatic rings. The van der Waals surface area contributed by atoms with Crippen molar-refractivity contribution in [1.29, 1.82) is 0 Å². The lowest BCUT2D eigenvalue weighted by atomic mass is 10.1. The summed E-state index contributed by atoms with van der Waals surface area (Å²) >= 11 is 0. The van der Waals surface area contributed by atoms with E-state index in [-0.39, 0.29) is 16.5 Å². The van der Waals surface area contributed by atoms with Crippen LogP contribution in [0.4, 0.5) is 0 Å². The van der Waals surface area contributed by atoms with Gasteiger partial charge in [0.05, 0.1) is 17.6 Å². The van der Waals surface area contributed by atoms with Crippen LogP contribution in [0.1, 0.15) is 34.9 Å². The van der Waals surface area contributed by atoms with Gasteiger partial charge in [-0.05, 0) is 31.0 Å². The molecule has 8 nitrogen and oxygen atoms in total. The monoisotopic (exact) mass is 418 g/mol. The highest BCUT2D eigenvalue weighted by Crippen LogP contribution is 2.25. The average Bonchev–Trinajstić information content (AvgIpc) is 3.55. The summed E-state index contributed by atoms with van der Waals surface area (Å²) in [6.07, 6.45) is 0.661. The maximum Gasteiger partial charge on any atom is 0.339 e. The highest BCUT2D eigenvalue weighted by molar-refractivity contribution is 7.89. The SMILES string of the molecule is CON(C)S(=O)(=O)c1cccc(C(=O)O[C@H](C(=O)NC2CC2)c2ccccc2)c1. The van der Waals surface area contributed by atoms with E-state index in [9.17, 15) is 18.0 Å². The highest BCUT2D eigenvalue weighted by atomic mass is 32.2. The van der Waals surface area contributed by atoms with Crippen molar-refractivity contribution in [1.82, 2.24) is 9.79 Å². The Balaban J connectivity index is 1.84. The minimum Gasteiger partial charge on any atom is -0.444 e. The van der Waals surface area contributed by atoms with Gasteiger partial charge >= 0.3 is 5.97 Å². The molecule has 0 saturated heterocycles. The van der Waals surface area contributed by atoms with Crippen LogP contribution in [-0.2, 0) is 24.4 Å². The minimum absolute atomic E-state index is 0.00994. The van der Waals surface area contributed by atoms with E-state index in [1.165, 1.54) is 38.4 Å². The number of sulfonamides is 1. The molecule has 3 rings (SSSR count). The molecule has 0 spiro atoms. The first-order valence-corrected chi connectivity index (χ1v) is 10.5. The minimum atomic E-state index is -3.93. The number of carbonyl (C=O) groups excluding carboxylic acids is 2. The lowest BCUT2D eigenvalue weighted by Crippen LogP contribution is -2.33. The third-order valence-electron chi connectivity index (χ3n) is 4.45. The van der Waals surface area contributed by atoms with Crippen molar-refractivity contribution in [2.75, 3.05) is 14.2 Å². The topological polar surface area (TPSA) is 102 Å². The Kier molecular flexibility index (Phi) is 6.31. The zero-order valence-electron chi connectivity index (χ0n) is 16.1. The van der Waals surface area contributed by atoms with Crippen LogP contribution in [0.5, 0.6) is 0 Å². The average molecular weight is 418 g/mol. The molecule has 0 bridgehead atoms. The van der Waals surface area contributed by atoms with Gasteiger partial charge < -0.3 is 10.1 Å². The first kappa shape index (κ1) is 21.0. The molecule has 2 aromatic carbocycles. The van der Waals surface area contributed by atoms with Crippen molar-refractivity contribution in [2.24, 2.45) is 0 Å². The van der Waals surface area contributed by atoms with Crippen molar-refractivity contribution in [3.63, 3.8) is 0 Å². The zero-order chi connectivity index (χ0) is 21.0. The van der Waals surface area contributed by atoms with Crippen LogP contribution < -0.4 is 5.32 Å². The van der Waals surface area contributed by atoms with Gasteiger partial charge in [0.2, 0.25) is 6.10 Å². The molecule has 1 amide bonds. The Bertz CT molecular complexity index is 989. The summed E-state index contributed by atoms with van der Waals surface area (Å²) in [5, 5.41) is 2.83. The highest BCUT2D eigenvalue weighted by Gasteiger charge is 2.31. The Hall–Kier alpha value is -2.75. The number of hydrogen-bond donors (Lipinski definition) is 1. The van der Waals surface area contributed by atoms with Crippen molar-refractivity contribution >= 4 is 21.9 Å². The summed E-state index contributed by atoms with van der Waals surface area (Å²) < 4.78 is 31.0. The summed E-state index contributed by atoms with van der Waals surface area (Å²) in [5.74, 6) is -1.21. The van der Waals surface area contributed by atoms with Crippen molar-refractivity contribution in [3.05, 3.63) is 65.7 Å². The fraction of sp³-hybridized carbons (Fsp3) is 0.300. The molecule has 1 N–H and O–H groups in total. The van der Waals surface area contributed by atoms with Crippen LogP contribution in [-0.4, -0.2) is 45.0 Å². The molecular weight excluding hydrogens is 396 g/mol. The molecule has 1 atom stereocenters. The van der Waals surface area contributed by atoms with E-state index in [4.69, 9.17) is 9.57 Å². The van der Waals surface area contributed by atoms with E-state index in [2.05, 4.69) is 5.32 Å². The van der Waals surface area contributed by atoms with Gasteiger partial charge in [-0.25, -0.2) is 13.2 Å². The Labute approximate surface area is 169 Å². The maximum atomic E-state index is 12.7. The smallest absolute Gasteiger partial charge is 0.339 e. The Morgan fingerprint density at radius 3 is 2.41 bits per heavy atom. The molecule has 9 heteroatoms. The third-order valence-corrected chi connectivity index (χ3v) is 6.13. The molecule has 29 heavy (non-hydrogen) atoms. The predicted octanol–water partition coefficient (Wildman–Crippen LogP) is 2.05. The number of benzene rings is 2. The van der Waals surface area contributed by atoms with E-state index >= 15 is 0 Å². The van der Waals surface area contributed by atoms with Crippen LogP contribution in [0, 0.1) is 0 Å². The third kappa shape index (κ3) is 5.00. The Morgan fingerprint density at radius 1 is 1.10 bits per heavy atom. The van der Waals surface area contributed by atoms with E-state index < -0.39 is 28.0 Å². The molecule has 154 valence electrons. The molecule has 1 aliphatic rings. The number of esters is 1.